The van der Waals surface area contributed by atoms with Gasteiger partial charge in [-0.3, -0.25) is 4.99 Å². The highest BCUT2D eigenvalue weighted by Gasteiger charge is 2.34. The molecule has 0 amide bonds. The van der Waals surface area contributed by atoms with Crippen molar-refractivity contribution in [2.24, 2.45) is 10.4 Å². The predicted molar refractivity (Wildman–Crippen MR) is 105 cm³/mol. The van der Waals surface area contributed by atoms with Crippen LogP contribution in [0.25, 0.3) is 0 Å². The Morgan fingerprint density at radius 2 is 2.15 bits per heavy atom. The lowest BCUT2D eigenvalue weighted by atomic mass is 9.84. The van der Waals surface area contributed by atoms with Crippen molar-refractivity contribution in [3.05, 3.63) is 29.3 Å². The topological polar surface area (TPSA) is 75.1 Å². The van der Waals surface area contributed by atoms with E-state index in [1.165, 1.54) is 0 Å². The molecule has 1 aliphatic rings. The van der Waals surface area contributed by atoms with E-state index < -0.39 is 0 Å². The molecule has 6 nitrogen and oxygen atoms in total. The molecule has 0 saturated carbocycles. The van der Waals surface area contributed by atoms with Crippen molar-refractivity contribution < 1.29 is 14.6 Å². The number of aliphatic imine (C=N–C) groups is 1. The lowest BCUT2D eigenvalue weighted by molar-refractivity contribution is 0.131. The molecule has 1 heterocycles. The molecule has 2 rings (SSSR count). The molecule has 2 atom stereocenters. The molecular formula is C19H30ClN3O3. The quantitative estimate of drug-likeness (QED) is 0.451. The first-order valence-electron chi connectivity index (χ1n) is 9.20. The Balaban J connectivity index is 1.87. The molecule has 1 saturated heterocycles. The Kier molecular flexibility index (Phi) is 8.48. The van der Waals surface area contributed by atoms with Gasteiger partial charge in [0.05, 0.1) is 19.7 Å². The molecule has 0 spiro atoms. The van der Waals surface area contributed by atoms with E-state index in [-0.39, 0.29) is 18.1 Å². The summed E-state index contributed by atoms with van der Waals surface area (Å²) in [6.45, 7) is 7.64. The molecule has 7 heteroatoms. The summed E-state index contributed by atoms with van der Waals surface area (Å²) in [7, 11) is 0. The standard InChI is InChI=1S/C19H30ClN3O3/c1-3-21-18(23-13-19(8-10-24)9-11-25-14-19)22-12-15(2)26-17-6-4-16(20)5-7-17/h4-7,15,24H,3,8-14H2,1-2H3,(H2,21,22,23). The largest absolute Gasteiger partial charge is 0.489 e. The number of nitrogens with zero attached hydrogens (tertiary/aromatic N) is 1. The molecule has 0 bridgehead atoms. The molecule has 26 heavy (non-hydrogen) atoms. The zero-order valence-corrected chi connectivity index (χ0v) is 16.4. The molecule has 1 fully saturated rings. The number of guanidine groups is 1. The molecule has 1 aliphatic heterocycles. The van der Waals surface area contributed by atoms with E-state index >= 15 is 0 Å². The minimum absolute atomic E-state index is 0.0266. The van der Waals surface area contributed by atoms with Gasteiger partial charge in [0, 0.05) is 30.2 Å². The maximum absolute atomic E-state index is 9.33. The average molecular weight is 384 g/mol. The monoisotopic (exact) mass is 383 g/mol. The number of hydrogen-bond donors (Lipinski definition) is 3. The summed E-state index contributed by atoms with van der Waals surface area (Å²) in [6.07, 6.45) is 1.62. The van der Waals surface area contributed by atoms with Crippen LogP contribution in [-0.2, 0) is 4.74 Å². The number of hydrogen-bond acceptors (Lipinski definition) is 4. The molecule has 0 aromatic heterocycles. The van der Waals surface area contributed by atoms with Crippen LogP contribution in [0.3, 0.4) is 0 Å². The summed E-state index contributed by atoms with van der Waals surface area (Å²) >= 11 is 5.89. The Labute approximate surface area is 160 Å². The summed E-state index contributed by atoms with van der Waals surface area (Å²) < 4.78 is 11.4. The van der Waals surface area contributed by atoms with Crippen molar-refractivity contribution in [1.82, 2.24) is 10.6 Å². The molecule has 2 unspecified atom stereocenters. The SMILES string of the molecule is CCNC(=NCC1(CCO)CCOC1)NCC(C)Oc1ccc(Cl)cc1. The van der Waals surface area contributed by atoms with E-state index in [0.717, 1.165) is 31.3 Å². The third-order valence-corrected chi connectivity index (χ3v) is 4.70. The van der Waals surface area contributed by atoms with Crippen LogP contribution in [0.15, 0.2) is 29.3 Å². The zero-order valence-electron chi connectivity index (χ0n) is 15.6. The second-order valence-corrected chi connectivity index (χ2v) is 7.17. The summed E-state index contributed by atoms with van der Waals surface area (Å²) in [6, 6.07) is 7.34. The maximum Gasteiger partial charge on any atom is 0.191 e. The van der Waals surface area contributed by atoms with Gasteiger partial charge in [0.1, 0.15) is 11.9 Å². The van der Waals surface area contributed by atoms with Crippen LogP contribution in [0.2, 0.25) is 5.02 Å². The van der Waals surface area contributed by atoms with E-state index in [1.807, 2.05) is 38.1 Å². The Morgan fingerprint density at radius 1 is 1.38 bits per heavy atom. The lowest BCUT2D eigenvalue weighted by Gasteiger charge is -2.25. The van der Waals surface area contributed by atoms with Crippen molar-refractivity contribution in [3.8, 4) is 5.75 Å². The highest BCUT2D eigenvalue weighted by molar-refractivity contribution is 6.30. The van der Waals surface area contributed by atoms with E-state index in [2.05, 4.69) is 10.6 Å². The van der Waals surface area contributed by atoms with Crippen LogP contribution >= 0.6 is 11.6 Å². The molecule has 0 aliphatic carbocycles. The second-order valence-electron chi connectivity index (χ2n) is 6.73. The first-order valence-corrected chi connectivity index (χ1v) is 9.58. The van der Waals surface area contributed by atoms with Gasteiger partial charge in [-0.1, -0.05) is 11.6 Å². The van der Waals surface area contributed by atoms with Crippen LogP contribution in [0.5, 0.6) is 5.75 Å². The van der Waals surface area contributed by atoms with Crippen LogP contribution in [0.1, 0.15) is 26.7 Å². The van der Waals surface area contributed by atoms with E-state index in [1.54, 1.807) is 0 Å². The third kappa shape index (κ3) is 6.67. The Bertz CT molecular complexity index is 560. The first-order chi connectivity index (χ1) is 12.6. The third-order valence-electron chi connectivity index (χ3n) is 4.45. The molecule has 3 N–H and O–H groups in total. The highest BCUT2D eigenvalue weighted by atomic mass is 35.5. The maximum atomic E-state index is 9.33. The van der Waals surface area contributed by atoms with Gasteiger partial charge in [0.25, 0.3) is 0 Å². The molecule has 1 aromatic rings. The minimum atomic E-state index is -0.0531. The van der Waals surface area contributed by atoms with Gasteiger partial charge < -0.3 is 25.2 Å². The van der Waals surface area contributed by atoms with Crippen molar-refractivity contribution in [3.63, 3.8) is 0 Å². The van der Waals surface area contributed by atoms with Crippen molar-refractivity contribution in [2.45, 2.75) is 32.8 Å². The number of halogens is 1. The lowest BCUT2D eigenvalue weighted by Crippen LogP contribution is -2.42. The van der Waals surface area contributed by atoms with Crippen molar-refractivity contribution >= 4 is 17.6 Å². The van der Waals surface area contributed by atoms with Gasteiger partial charge in [0.15, 0.2) is 5.96 Å². The average Bonchev–Trinajstić information content (AvgIpc) is 3.08. The number of nitrogens with one attached hydrogen (secondary N) is 2. The molecule has 146 valence electrons. The number of benzene rings is 1. The Hall–Kier alpha value is -1.50. The molecule has 1 aromatic carbocycles. The van der Waals surface area contributed by atoms with Gasteiger partial charge in [-0.05, 0) is 51.0 Å². The number of ether oxygens (including phenoxy) is 2. The van der Waals surface area contributed by atoms with Crippen LogP contribution in [-0.4, -0.2) is 56.6 Å². The van der Waals surface area contributed by atoms with Crippen LogP contribution in [0, 0.1) is 5.41 Å². The highest BCUT2D eigenvalue weighted by Crippen LogP contribution is 2.32. The van der Waals surface area contributed by atoms with Gasteiger partial charge >= 0.3 is 0 Å². The van der Waals surface area contributed by atoms with Crippen molar-refractivity contribution in [1.29, 1.82) is 0 Å². The number of aliphatic hydroxyl groups excluding tert-OH is 1. The Morgan fingerprint density at radius 3 is 2.77 bits per heavy atom. The molecule has 0 radical (unpaired) electrons. The predicted octanol–water partition coefficient (Wildman–Crippen LogP) is 2.45. The van der Waals surface area contributed by atoms with E-state index in [4.69, 9.17) is 26.1 Å². The minimum Gasteiger partial charge on any atom is -0.489 e. The number of rotatable bonds is 9. The molecular weight excluding hydrogens is 354 g/mol. The summed E-state index contributed by atoms with van der Waals surface area (Å²) in [5.41, 5.74) is -0.0531. The van der Waals surface area contributed by atoms with Crippen LogP contribution in [0.4, 0.5) is 0 Å². The summed E-state index contributed by atoms with van der Waals surface area (Å²) in [4.78, 5) is 4.71. The zero-order chi connectivity index (χ0) is 18.8. The smallest absolute Gasteiger partial charge is 0.191 e. The van der Waals surface area contributed by atoms with Crippen LogP contribution < -0.4 is 15.4 Å². The van der Waals surface area contributed by atoms with Crippen molar-refractivity contribution in [2.75, 3.05) is 39.5 Å². The number of aliphatic hydroxyl groups is 1. The summed E-state index contributed by atoms with van der Waals surface area (Å²) in [5.74, 6) is 1.54. The van der Waals surface area contributed by atoms with E-state index in [0.29, 0.717) is 31.1 Å². The fourth-order valence-corrected chi connectivity index (χ4v) is 3.03. The fraction of sp³-hybridized carbons (Fsp3) is 0.632. The summed E-state index contributed by atoms with van der Waals surface area (Å²) in [5, 5.41) is 16.6. The van der Waals surface area contributed by atoms with Gasteiger partial charge in [0.2, 0.25) is 0 Å². The second kappa shape index (κ2) is 10.6. The first kappa shape index (κ1) is 20.8. The van der Waals surface area contributed by atoms with Gasteiger partial charge in [-0.25, -0.2) is 0 Å². The normalized spacial score (nSPS) is 21.5. The fourth-order valence-electron chi connectivity index (χ4n) is 2.90. The van der Waals surface area contributed by atoms with E-state index in [9.17, 15) is 5.11 Å². The van der Waals surface area contributed by atoms with Gasteiger partial charge in [-0.2, -0.15) is 0 Å². The van der Waals surface area contributed by atoms with Gasteiger partial charge in [-0.15, -0.1) is 0 Å².